The lowest BCUT2D eigenvalue weighted by atomic mass is 10.1. The number of rotatable bonds is 10. The fourth-order valence-corrected chi connectivity index (χ4v) is 3.57. The summed E-state index contributed by atoms with van der Waals surface area (Å²) in [5.74, 6) is -0.655. The zero-order chi connectivity index (χ0) is 25.9. The number of nitrogens with zero attached hydrogens (tertiary/aromatic N) is 4. The van der Waals surface area contributed by atoms with Gasteiger partial charge < -0.3 is 9.47 Å². The number of halogens is 2. The molecular weight excluding hydrogens is 556 g/mol. The van der Waals surface area contributed by atoms with Crippen molar-refractivity contribution in [2.45, 2.75) is 6.92 Å². The van der Waals surface area contributed by atoms with Crippen molar-refractivity contribution in [2.24, 2.45) is 0 Å². The second-order valence-electron chi connectivity index (χ2n) is 5.60. The summed E-state index contributed by atoms with van der Waals surface area (Å²) >= 11 is 6.45. The van der Waals surface area contributed by atoms with Gasteiger partial charge in [0.15, 0.2) is 5.82 Å². The summed E-state index contributed by atoms with van der Waals surface area (Å²) in [6.07, 6.45) is 3.55. The molecule has 0 aliphatic carbocycles. The predicted octanol–water partition coefficient (Wildman–Crippen LogP) is 3.18. The molecule has 13 heteroatoms. The Labute approximate surface area is 201 Å². The molecule has 164 valence electrons. The van der Waals surface area contributed by atoms with E-state index in [2.05, 4.69) is 61.2 Å². The van der Waals surface area contributed by atoms with Gasteiger partial charge in [-0.1, -0.05) is 35.0 Å². The molecule has 10 nitrogen and oxygen atoms in total. The number of nitrogens with one attached hydrogen (secondary N) is 2. The van der Waals surface area contributed by atoms with Gasteiger partial charge in [-0.25, -0.2) is 19.9 Å². The topological polar surface area (TPSA) is 128 Å². The lowest BCUT2D eigenvalue weighted by Crippen LogP contribution is -2.30. The van der Waals surface area contributed by atoms with Gasteiger partial charge in [0.25, 0.3) is 10.2 Å². The maximum atomic E-state index is 12.3. The molecule has 3 rings (SSSR count). The fraction of sp³-hybridized carbons (Fsp3) is 0.222. The van der Waals surface area contributed by atoms with Gasteiger partial charge in [0.05, 0.1) is 15.5 Å². The zero-order valence-electron chi connectivity index (χ0n) is 19.8. The maximum Gasteiger partial charge on any atom is 0.316 e. The summed E-state index contributed by atoms with van der Waals surface area (Å²) in [6, 6.07) is 6.09. The minimum absolute atomic E-state index is 0.0268. The van der Waals surface area contributed by atoms with Crippen LogP contribution >= 0.6 is 31.9 Å². The third-order valence-electron chi connectivity index (χ3n) is 3.44. The Morgan fingerprint density at radius 1 is 1.00 bits per heavy atom. The van der Waals surface area contributed by atoms with E-state index in [0.717, 1.165) is 10.8 Å². The Hall–Kier alpha value is -2.35. The van der Waals surface area contributed by atoms with Crippen LogP contribution in [0.4, 0.5) is 5.82 Å². The summed E-state index contributed by atoms with van der Waals surface area (Å²) in [6.45, 7) is -4.53. The average Bonchev–Trinajstić information content (AvgIpc) is 2.75. The molecule has 2 N–H and O–H groups in total. The van der Waals surface area contributed by atoms with Crippen LogP contribution in [0.2, 0.25) is 0 Å². The highest BCUT2D eigenvalue weighted by atomic mass is 79.9. The molecule has 0 unspecified atom stereocenters. The van der Waals surface area contributed by atoms with Crippen LogP contribution in [0.25, 0.3) is 11.1 Å². The first-order valence-electron chi connectivity index (χ1n) is 10.6. The maximum absolute atomic E-state index is 12.3. The Bertz CT molecular complexity index is 1290. The molecule has 0 fully saturated rings. The van der Waals surface area contributed by atoms with Crippen LogP contribution in [-0.2, 0) is 10.2 Å². The number of hydrogen-bond donors (Lipinski definition) is 2. The third-order valence-corrected chi connectivity index (χ3v) is 5.51. The van der Waals surface area contributed by atoms with Crippen molar-refractivity contribution in [2.75, 3.05) is 24.4 Å². The van der Waals surface area contributed by atoms with Crippen molar-refractivity contribution in [3.63, 3.8) is 0 Å². The highest BCUT2D eigenvalue weighted by molar-refractivity contribution is 9.10. The number of aromatic nitrogens is 4. The van der Waals surface area contributed by atoms with Crippen LogP contribution in [0.3, 0.4) is 0 Å². The van der Waals surface area contributed by atoms with E-state index in [4.69, 9.17) is 15.0 Å². The van der Waals surface area contributed by atoms with Crippen LogP contribution in [0.1, 0.15) is 12.4 Å². The van der Waals surface area contributed by atoms with Gasteiger partial charge in [-0.2, -0.15) is 13.1 Å². The highest BCUT2D eigenvalue weighted by Gasteiger charge is 2.19. The largest absolute Gasteiger partial charge is 0.473 e. The summed E-state index contributed by atoms with van der Waals surface area (Å²) in [5, 5.41) is 0. The van der Waals surface area contributed by atoms with Gasteiger partial charge in [-0.05, 0) is 33.6 Å². The first-order valence-corrected chi connectivity index (χ1v) is 11.6. The van der Waals surface area contributed by atoms with Crippen molar-refractivity contribution in [1.29, 1.82) is 0 Å². The molecule has 2 aromatic heterocycles. The molecule has 0 saturated carbocycles. The van der Waals surface area contributed by atoms with E-state index >= 15 is 0 Å². The van der Waals surface area contributed by atoms with E-state index in [1.165, 1.54) is 12.4 Å². The highest BCUT2D eigenvalue weighted by Crippen LogP contribution is 2.34. The molecule has 3 aromatic rings. The Kier molecular flexibility index (Phi) is 6.35. The van der Waals surface area contributed by atoms with Crippen LogP contribution in [0.15, 0.2) is 51.9 Å². The summed E-state index contributed by atoms with van der Waals surface area (Å²) in [7, 11) is -4.02. The van der Waals surface area contributed by atoms with E-state index in [1.807, 2.05) is 0 Å². The van der Waals surface area contributed by atoms with E-state index in [1.54, 1.807) is 31.2 Å². The Balaban J connectivity index is 2.03. The molecule has 0 saturated heterocycles. The summed E-state index contributed by atoms with van der Waals surface area (Å²) in [4.78, 5) is 15.4. The van der Waals surface area contributed by atoms with Crippen LogP contribution in [0.5, 0.6) is 11.9 Å². The van der Waals surface area contributed by atoms with Crippen molar-refractivity contribution in [3.05, 3.63) is 51.9 Å². The van der Waals surface area contributed by atoms with Gasteiger partial charge >= 0.3 is 6.01 Å². The first-order chi connectivity index (χ1) is 16.3. The fourth-order valence-electron chi connectivity index (χ4n) is 2.24. The number of ether oxygens (including phenoxy) is 2. The predicted molar refractivity (Wildman–Crippen MR) is 122 cm³/mol. The Morgan fingerprint density at radius 3 is 2.35 bits per heavy atom. The lowest BCUT2D eigenvalue weighted by Gasteiger charge is -2.15. The molecule has 0 atom stereocenters. The van der Waals surface area contributed by atoms with Crippen molar-refractivity contribution < 1.29 is 23.4 Å². The van der Waals surface area contributed by atoms with E-state index in [0.29, 0.717) is 10.0 Å². The summed E-state index contributed by atoms with van der Waals surface area (Å²) < 4.78 is 73.4. The zero-order valence-corrected chi connectivity index (χ0v) is 19.8. The van der Waals surface area contributed by atoms with Gasteiger partial charge in [-0.3, -0.25) is 4.72 Å². The second-order valence-corrected chi connectivity index (χ2v) is 8.94. The molecule has 31 heavy (non-hydrogen) atoms. The quantitative estimate of drug-likeness (QED) is 0.376. The number of hydrogen-bond acceptors (Lipinski definition) is 8. The standard InChI is InChI=1S/C18H18Br2N6O4S/c1-2-25-31(27,28)26-16-15(12-3-5-13(19)6-4-12)17(24-11-23-16)29-7-8-30-18-21-9-14(20)10-22-18/h3-6,9-11,25H,2,7-8H2,1H3,(H,23,24,26)/i7D2,8D2. The second kappa shape index (κ2) is 10.8. The molecule has 0 aliphatic rings. The number of benzene rings is 1. The van der Waals surface area contributed by atoms with Crippen LogP contribution < -0.4 is 18.9 Å². The van der Waals surface area contributed by atoms with Gasteiger partial charge in [0, 0.05) is 23.4 Å². The van der Waals surface area contributed by atoms with Crippen LogP contribution in [0, 0.1) is 0 Å². The monoisotopic (exact) mass is 576 g/mol. The average molecular weight is 578 g/mol. The lowest BCUT2D eigenvalue weighted by molar-refractivity contribution is 0.202. The van der Waals surface area contributed by atoms with Crippen LogP contribution in [-0.4, -0.2) is 48.0 Å². The third kappa shape index (κ3) is 6.82. The van der Waals surface area contributed by atoms with E-state index in [9.17, 15) is 8.42 Å². The van der Waals surface area contributed by atoms with Crippen molar-refractivity contribution >= 4 is 47.9 Å². The minimum atomic E-state index is -4.02. The molecule has 0 amide bonds. The summed E-state index contributed by atoms with van der Waals surface area (Å²) in [5.41, 5.74) is 0.340. The van der Waals surface area contributed by atoms with E-state index in [-0.39, 0.29) is 17.9 Å². The molecule has 0 radical (unpaired) electrons. The van der Waals surface area contributed by atoms with Crippen molar-refractivity contribution in [3.8, 4) is 23.0 Å². The SMILES string of the molecule is [2H]C([2H])(Oc1ncc(Br)cn1)C([2H])([2H])Oc1ncnc(NS(=O)(=O)NCC)c1-c1ccc(Br)cc1. The minimum Gasteiger partial charge on any atom is -0.473 e. The van der Waals surface area contributed by atoms with Gasteiger partial charge in [-0.15, -0.1) is 0 Å². The molecule has 2 heterocycles. The van der Waals surface area contributed by atoms with Crippen molar-refractivity contribution in [1.82, 2.24) is 24.7 Å². The van der Waals surface area contributed by atoms with Gasteiger partial charge in [0.2, 0.25) is 5.88 Å². The van der Waals surface area contributed by atoms with E-state index < -0.39 is 35.2 Å². The molecule has 0 aliphatic heterocycles. The molecule has 1 aromatic carbocycles. The smallest absolute Gasteiger partial charge is 0.316 e. The number of anilines is 1. The molecular formula is C18H18Br2N6O4S. The first kappa shape index (κ1) is 18.2. The Morgan fingerprint density at radius 2 is 1.68 bits per heavy atom. The van der Waals surface area contributed by atoms with Gasteiger partial charge in [0.1, 0.15) is 19.4 Å². The molecule has 0 spiro atoms. The molecule has 0 bridgehead atoms. The normalized spacial score (nSPS) is 14.0.